The molecule has 0 aliphatic carbocycles. The van der Waals surface area contributed by atoms with Crippen molar-refractivity contribution in [3.05, 3.63) is 72.1 Å². The maximum absolute atomic E-state index is 9.90. The van der Waals surface area contributed by atoms with Gasteiger partial charge in [-0.05, 0) is 29.8 Å². The number of aromatic amines is 1. The SMILES string of the molecule is Oc1cccc2ccc(/C=C/c3c[nH]c4ccccc34)nc12. The van der Waals surface area contributed by atoms with Crippen LogP contribution in [0.15, 0.2) is 60.8 Å². The monoisotopic (exact) mass is 286 g/mol. The number of nitrogens with one attached hydrogen (secondary N) is 1. The molecule has 3 nitrogen and oxygen atoms in total. The minimum atomic E-state index is 0.208. The summed E-state index contributed by atoms with van der Waals surface area (Å²) < 4.78 is 0. The van der Waals surface area contributed by atoms with E-state index in [-0.39, 0.29) is 5.75 Å². The number of nitrogens with zero attached hydrogens (tertiary/aromatic N) is 1. The molecule has 4 aromatic rings. The molecule has 2 heterocycles. The van der Waals surface area contributed by atoms with Gasteiger partial charge in [0.2, 0.25) is 0 Å². The number of benzene rings is 2. The standard InChI is InChI=1S/C19H14N2O/c22-18-7-3-4-13-8-10-15(21-19(13)18)11-9-14-12-20-17-6-2-1-5-16(14)17/h1-12,20,22H/b11-9+. The highest BCUT2D eigenvalue weighted by atomic mass is 16.3. The molecule has 0 bridgehead atoms. The molecule has 2 aromatic heterocycles. The second-order valence-corrected chi connectivity index (χ2v) is 5.21. The van der Waals surface area contributed by atoms with E-state index < -0.39 is 0 Å². The molecule has 0 amide bonds. The number of aromatic nitrogens is 2. The molecular weight excluding hydrogens is 272 g/mol. The molecule has 3 heteroatoms. The van der Waals surface area contributed by atoms with Crippen molar-refractivity contribution in [2.45, 2.75) is 0 Å². The molecule has 0 saturated heterocycles. The van der Waals surface area contributed by atoms with Gasteiger partial charge in [-0.1, -0.05) is 42.5 Å². The highest BCUT2D eigenvalue weighted by molar-refractivity contribution is 5.92. The van der Waals surface area contributed by atoms with Crippen molar-refractivity contribution >= 4 is 34.0 Å². The third kappa shape index (κ3) is 2.13. The second kappa shape index (κ2) is 5.04. The predicted molar refractivity (Wildman–Crippen MR) is 90.6 cm³/mol. The summed E-state index contributed by atoms with van der Waals surface area (Å²) in [4.78, 5) is 7.76. The van der Waals surface area contributed by atoms with E-state index in [9.17, 15) is 5.11 Å². The lowest BCUT2D eigenvalue weighted by molar-refractivity contribution is 0.480. The molecule has 0 atom stereocenters. The van der Waals surface area contributed by atoms with Gasteiger partial charge in [0.05, 0.1) is 5.69 Å². The van der Waals surface area contributed by atoms with Gasteiger partial charge in [-0.15, -0.1) is 0 Å². The minimum absolute atomic E-state index is 0.208. The number of hydrogen-bond acceptors (Lipinski definition) is 2. The van der Waals surface area contributed by atoms with Crippen LogP contribution in [0.2, 0.25) is 0 Å². The Morgan fingerprint density at radius 3 is 2.77 bits per heavy atom. The van der Waals surface area contributed by atoms with Crippen LogP contribution < -0.4 is 0 Å². The number of aromatic hydroxyl groups is 1. The maximum Gasteiger partial charge on any atom is 0.141 e. The van der Waals surface area contributed by atoms with E-state index in [2.05, 4.69) is 22.1 Å². The number of para-hydroxylation sites is 2. The van der Waals surface area contributed by atoms with Gasteiger partial charge in [-0.25, -0.2) is 4.98 Å². The molecule has 106 valence electrons. The van der Waals surface area contributed by atoms with Gasteiger partial charge in [-0.2, -0.15) is 0 Å². The molecule has 4 rings (SSSR count). The summed E-state index contributed by atoms with van der Waals surface area (Å²) in [5.74, 6) is 0.208. The van der Waals surface area contributed by atoms with Crippen LogP contribution in [-0.2, 0) is 0 Å². The largest absolute Gasteiger partial charge is 0.506 e. The third-order valence-corrected chi connectivity index (χ3v) is 3.78. The minimum Gasteiger partial charge on any atom is -0.506 e. The van der Waals surface area contributed by atoms with Gasteiger partial charge in [0.15, 0.2) is 0 Å². The van der Waals surface area contributed by atoms with Crippen LogP contribution in [0.1, 0.15) is 11.3 Å². The Balaban J connectivity index is 1.75. The van der Waals surface area contributed by atoms with Crippen molar-refractivity contribution in [1.29, 1.82) is 0 Å². The second-order valence-electron chi connectivity index (χ2n) is 5.21. The summed E-state index contributed by atoms with van der Waals surface area (Å²) in [5.41, 5.74) is 3.68. The van der Waals surface area contributed by atoms with Crippen molar-refractivity contribution < 1.29 is 5.11 Å². The number of H-pyrrole nitrogens is 1. The zero-order valence-corrected chi connectivity index (χ0v) is 11.8. The normalized spacial score (nSPS) is 11.6. The first-order chi connectivity index (χ1) is 10.8. The van der Waals surface area contributed by atoms with Crippen molar-refractivity contribution in [2.75, 3.05) is 0 Å². The Labute approximate surface area is 127 Å². The summed E-state index contributed by atoms with van der Waals surface area (Å²) in [5, 5.41) is 12.0. The predicted octanol–water partition coefficient (Wildman–Crippen LogP) is 4.59. The lowest BCUT2D eigenvalue weighted by Gasteiger charge is -2.01. The van der Waals surface area contributed by atoms with E-state index in [1.165, 1.54) is 5.39 Å². The molecule has 0 fully saturated rings. The highest BCUT2D eigenvalue weighted by Crippen LogP contribution is 2.24. The van der Waals surface area contributed by atoms with Crippen LogP contribution in [0.25, 0.3) is 34.0 Å². The molecule has 2 N–H and O–H groups in total. The quantitative estimate of drug-likeness (QED) is 0.566. The number of rotatable bonds is 2. The van der Waals surface area contributed by atoms with Gasteiger partial charge >= 0.3 is 0 Å². The summed E-state index contributed by atoms with van der Waals surface area (Å²) >= 11 is 0. The topological polar surface area (TPSA) is 48.9 Å². The van der Waals surface area contributed by atoms with Crippen LogP contribution in [0, 0.1) is 0 Å². The molecule has 0 aliphatic heterocycles. The van der Waals surface area contributed by atoms with Gasteiger partial charge in [0.25, 0.3) is 0 Å². The average molecular weight is 286 g/mol. The van der Waals surface area contributed by atoms with Crippen molar-refractivity contribution in [1.82, 2.24) is 9.97 Å². The highest BCUT2D eigenvalue weighted by Gasteiger charge is 2.02. The molecule has 0 radical (unpaired) electrons. The molecule has 0 spiro atoms. The van der Waals surface area contributed by atoms with Gasteiger partial charge in [0, 0.05) is 22.5 Å². The summed E-state index contributed by atoms with van der Waals surface area (Å²) in [6.45, 7) is 0. The van der Waals surface area contributed by atoms with E-state index in [0.717, 1.165) is 22.2 Å². The Morgan fingerprint density at radius 1 is 0.909 bits per heavy atom. The number of phenols is 1. The lowest BCUT2D eigenvalue weighted by atomic mass is 10.1. The number of fused-ring (bicyclic) bond motifs is 2. The number of phenolic OH excluding ortho intramolecular Hbond substituents is 1. The summed E-state index contributed by atoms with van der Waals surface area (Å²) in [6.07, 6.45) is 5.98. The van der Waals surface area contributed by atoms with Crippen molar-refractivity contribution in [3.63, 3.8) is 0 Å². The molecule has 0 unspecified atom stereocenters. The zero-order valence-electron chi connectivity index (χ0n) is 11.8. The van der Waals surface area contributed by atoms with Crippen LogP contribution in [0.4, 0.5) is 0 Å². The van der Waals surface area contributed by atoms with E-state index >= 15 is 0 Å². The lowest BCUT2D eigenvalue weighted by Crippen LogP contribution is -1.83. The molecule has 0 saturated carbocycles. The maximum atomic E-state index is 9.90. The zero-order chi connectivity index (χ0) is 14.9. The van der Waals surface area contributed by atoms with E-state index in [4.69, 9.17) is 0 Å². The Kier molecular flexibility index (Phi) is 2.90. The number of hydrogen-bond donors (Lipinski definition) is 2. The number of pyridine rings is 1. The molecule has 2 aromatic carbocycles. The summed E-state index contributed by atoms with van der Waals surface area (Å²) in [6, 6.07) is 17.5. The molecular formula is C19H14N2O. The Bertz CT molecular complexity index is 999. The van der Waals surface area contributed by atoms with E-state index in [1.54, 1.807) is 6.07 Å². The first-order valence-corrected chi connectivity index (χ1v) is 7.14. The molecule has 0 aliphatic rings. The van der Waals surface area contributed by atoms with Crippen LogP contribution in [0.3, 0.4) is 0 Å². The fourth-order valence-electron chi connectivity index (χ4n) is 2.65. The fourth-order valence-corrected chi connectivity index (χ4v) is 2.65. The fraction of sp³-hybridized carbons (Fsp3) is 0. The van der Waals surface area contributed by atoms with Crippen LogP contribution >= 0.6 is 0 Å². The smallest absolute Gasteiger partial charge is 0.141 e. The molecule has 22 heavy (non-hydrogen) atoms. The van der Waals surface area contributed by atoms with E-state index in [1.807, 2.05) is 54.7 Å². The van der Waals surface area contributed by atoms with Crippen LogP contribution in [-0.4, -0.2) is 15.1 Å². The summed E-state index contributed by atoms with van der Waals surface area (Å²) in [7, 11) is 0. The van der Waals surface area contributed by atoms with Gasteiger partial charge < -0.3 is 10.1 Å². The first kappa shape index (κ1) is 12.7. The van der Waals surface area contributed by atoms with Gasteiger partial charge in [-0.3, -0.25) is 0 Å². The average Bonchev–Trinajstić information content (AvgIpc) is 2.97. The Hall–Kier alpha value is -3.07. The van der Waals surface area contributed by atoms with Crippen molar-refractivity contribution in [3.8, 4) is 5.75 Å². The van der Waals surface area contributed by atoms with Crippen LogP contribution in [0.5, 0.6) is 5.75 Å². The first-order valence-electron chi connectivity index (χ1n) is 7.14. The Morgan fingerprint density at radius 2 is 1.82 bits per heavy atom. The third-order valence-electron chi connectivity index (χ3n) is 3.78. The van der Waals surface area contributed by atoms with Crippen molar-refractivity contribution in [2.24, 2.45) is 0 Å². The van der Waals surface area contributed by atoms with E-state index in [0.29, 0.717) is 5.52 Å². The van der Waals surface area contributed by atoms with Gasteiger partial charge in [0.1, 0.15) is 11.3 Å².